The van der Waals surface area contributed by atoms with E-state index >= 15 is 0 Å². The van der Waals surface area contributed by atoms with Crippen molar-refractivity contribution in [3.05, 3.63) is 41.0 Å². The molecule has 8 heteroatoms. The van der Waals surface area contributed by atoms with Gasteiger partial charge in [0.2, 0.25) is 11.8 Å². The molecule has 132 valence electrons. The van der Waals surface area contributed by atoms with Crippen LogP contribution in [-0.2, 0) is 21.4 Å². The fraction of sp³-hybridized carbons (Fsp3) is 0.471. The van der Waals surface area contributed by atoms with Crippen molar-refractivity contribution in [3.63, 3.8) is 0 Å². The van der Waals surface area contributed by atoms with E-state index in [0.717, 1.165) is 5.56 Å². The Morgan fingerprint density at radius 1 is 1.48 bits per heavy atom. The van der Waals surface area contributed by atoms with Crippen LogP contribution < -0.4 is 5.73 Å². The molecule has 2 aliphatic rings. The largest absolute Gasteiger partial charge is 0.407 e. The minimum Gasteiger partial charge on any atom is -0.407 e. The highest BCUT2D eigenvalue weighted by molar-refractivity contribution is 5.79. The average molecular weight is 346 g/mol. The van der Waals surface area contributed by atoms with Crippen LogP contribution in [0.2, 0.25) is 0 Å². The molecule has 4 rings (SSSR count). The second-order valence-electron chi connectivity index (χ2n) is 6.86. The summed E-state index contributed by atoms with van der Waals surface area (Å²) in [5.41, 5.74) is 6.36. The summed E-state index contributed by atoms with van der Waals surface area (Å²) >= 11 is 0. The zero-order chi connectivity index (χ0) is 17.6. The number of amides is 1. The molecular weight excluding hydrogens is 327 g/mol. The SMILES string of the molecule is Cc1ccc(F)c(CC(=O)N2C[C@H]3COC[C@@]3(c3nnc(N)o3)C2)c1. The number of nitrogens with two attached hydrogens (primary N) is 1. The summed E-state index contributed by atoms with van der Waals surface area (Å²) in [5, 5.41) is 7.74. The van der Waals surface area contributed by atoms with Crippen molar-refractivity contribution in [2.45, 2.75) is 18.8 Å². The number of likely N-dealkylation sites (tertiary alicyclic amines) is 1. The molecule has 1 aromatic carbocycles. The third kappa shape index (κ3) is 2.66. The maximum absolute atomic E-state index is 14.0. The molecule has 2 aliphatic heterocycles. The first-order valence-corrected chi connectivity index (χ1v) is 8.18. The molecule has 2 aromatic rings. The van der Waals surface area contributed by atoms with Gasteiger partial charge in [0.15, 0.2) is 0 Å². The maximum Gasteiger partial charge on any atom is 0.312 e. The van der Waals surface area contributed by atoms with Crippen LogP contribution in [0.1, 0.15) is 17.0 Å². The summed E-state index contributed by atoms with van der Waals surface area (Å²) < 4.78 is 25.0. The van der Waals surface area contributed by atoms with Crippen LogP contribution in [0.4, 0.5) is 10.4 Å². The van der Waals surface area contributed by atoms with Crippen molar-refractivity contribution in [3.8, 4) is 0 Å². The van der Waals surface area contributed by atoms with Crippen LogP contribution in [-0.4, -0.2) is 47.3 Å². The number of nitrogens with zero attached hydrogens (tertiary/aromatic N) is 3. The number of fused-ring (bicyclic) bond motifs is 1. The Hall–Kier alpha value is -2.48. The highest BCUT2D eigenvalue weighted by atomic mass is 19.1. The molecule has 2 fully saturated rings. The number of carbonyl (C=O) groups excluding carboxylic acids is 1. The summed E-state index contributed by atoms with van der Waals surface area (Å²) in [4.78, 5) is 14.4. The molecule has 2 N–H and O–H groups in total. The second-order valence-corrected chi connectivity index (χ2v) is 6.86. The van der Waals surface area contributed by atoms with Crippen molar-refractivity contribution in [1.82, 2.24) is 15.1 Å². The van der Waals surface area contributed by atoms with Crippen LogP contribution in [0.5, 0.6) is 0 Å². The normalized spacial score (nSPS) is 25.4. The molecule has 2 atom stereocenters. The van der Waals surface area contributed by atoms with Gasteiger partial charge in [0.25, 0.3) is 0 Å². The van der Waals surface area contributed by atoms with Gasteiger partial charge in [-0.15, -0.1) is 5.10 Å². The number of rotatable bonds is 3. The molecule has 3 heterocycles. The number of halogens is 1. The summed E-state index contributed by atoms with van der Waals surface area (Å²) in [7, 11) is 0. The first-order chi connectivity index (χ1) is 12.0. The van der Waals surface area contributed by atoms with Crippen LogP contribution in [0.3, 0.4) is 0 Å². The summed E-state index contributed by atoms with van der Waals surface area (Å²) in [6.45, 7) is 3.73. The number of hydrogen-bond donors (Lipinski definition) is 1. The number of aromatic nitrogens is 2. The van der Waals surface area contributed by atoms with E-state index in [0.29, 0.717) is 37.8 Å². The molecule has 25 heavy (non-hydrogen) atoms. The van der Waals surface area contributed by atoms with Gasteiger partial charge < -0.3 is 19.8 Å². The predicted molar refractivity (Wildman–Crippen MR) is 86.1 cm³/mol. The number of anilines is 1. The first-order valence-electron chi connectivity index (χ1n) is 8.18. The van der Waals surface area contributed by atoms with Gasteiger partial charge >= 0.3 is 6.01 Å². The lowest BCUT2D eigenvalue weighted by atomic mass is 9.81. The molecule has 7 nitrogen and oxygen atoms in total. The zero-order valence-corrected chi connectivity index (χ0v) is 13.9. The lowest BCUT2D eigenvalue weighted by molar-refractivity contribution is -0.130. The smallest absolute Gasteiger partial charge is 0.312 e. The zero-order valence-electron chi connectivity index (χ0n) is 13.9. The number of aryl methyl sites for hydroxylation is 1. The minimum atomic E-state index is -0.522. The van der Waals surface area contributed by atoms with Crippen LogP contribution in [0, 0.1) is 18.7 Å². The molecule has 0 saturated carbocycles. The van der Waals surface area contributed by atoms with E-state index in [1.807, 2.05) is 6.92 Å². The van der Waals surface area contributed by atoms with Gasteiger partial charge in [-0.2, -0.15) is 0 Å². The summed E-state index contributed by atoms with van der Waals surface area (Å²) in [6, 6.07) is 4.80. The third-order valence-electron chi connectivity index (χ3n) is 5.14. The fourth-order valence-electron chi connectivity index (χ4n) is 3.78. The Kier molecular flexibility index (Phi) is 3.72. The molecule has 1 amide bonds. The second kappa shape index (κ2) is 5.80. The minimum absolute atomic E-state index is 0.00151. The lowest BCUT2D eigenvalue weighted by Gasteiger charge is -2.23. The topological polar surface area (TPSA) is 94.5 Å². The Morgan fingerprint density at radius 3 is 3.08 bits per heavy atom. The molecule has 2 saturated heterocycles. The van der Waals surface area contributed by atoms with Crippen LogP contribution in [0.25, 0.3) is 0 Å². The van der Waals surface area contributed by atoms with Crippen molar-refractivity contribution in [2.75, 3.05) is 32.0 Å². The Balaban J connectivity index is 1.55. The van der Waals surface area contributed by atoms with E-state index in [2.05, 4.69) is 10.2 Å². The Morgan fingerprint density at radius 2 is 2.32 bits per heavy atom. The van der Waals surface area contributed by atoms with Gasteiger partial charge in [-0.05, 0) is 18.6 Å². The highest BCUT2D eigenvalue weighted by Gasteiger charge is 2.56. The molecule has 1 aromatic heterocycles. The van der Waals surface area contributed by atoms with Gasteiger partial charge in [0, 0.05) is 19.0 Å². The van der Waals surface area contributed by atoms with Crippen LogP contribution >= 0.6 is 0 Å². The van der Waals surface area contributed by atoms with E-state index < -0.39 is 5.41 Å². The quantitative estimate of drug-likeness (QED) is 0.893. The van der Waals surface area contributed by atoms with Crippen LogP contribution in [0.15, 0.2) is 22.6 Å². The number of carbonyl (C=O) groups is 1. The summed E-state index contributed by atoms with van der Waals surface area (Å²) in [6.07, 6.45) is 0.0309. The average Bonchev–Trinajstić information content (AvgIpc) is 3.24. The Labute approximate surface area is 144 Å². The standard InChI is InChI=1S/C17H19FN4O3/c1-10-2-3-13(18)11(4-10)5-14(23)22-6-12-7-24-9-17(12,8-22)15-20-21-16(19)25-15/h2-4,12H,5-9H2,1H3,(H2,19,21)/t12-,17-/m0/s1. The molecule has 0 unspecified atom stereocenters. The van der Waals surface area contributed by atoms with Gasteiger partial charge in [-0.25, -0.2) is 4.39 Å². The molecule has 0 aliphatic carbocycles. The van der Waals surface area contributed by atoms with Crippen molar-refractivity contribution < 1.29 is 18.3 Å². The van der Waals surface area contributed by atoms with Crippen molar-refractivity contribution in [2.24, 2.45) is 5.92 Å². The third-order valence-corrected chi connectivity index (χ3v) is 5.14. The molecular formula is C17H19FN4O3. The fourth-order valence-corrected chi connectivity index (χ4v) is 3.78. The number of nitrogen functional groups attached to an aromatic ring is 1. The maximum atomic E-state index is 14.0. The van der Waals surface area contributed by atoms with Crippen molar-refractivity contribution in [1.29, 1.82) is 0 Å². The first kappa shape index (κ1) is 16.0. The summed E-state index contributed by atoms with van der Waals surface area (Å²) in [5.74, 6) is -0.00461. The van der Waals surface area contributed by atoms with Crippen molar-refractivity contribution >= 4 is 11.9 Å². The highest BCUT2D eigenvalue weighted by Crippen LogP contribution is 2.43. The monoisotopic (exact) mass is 346 g/mol. The van der Waals surface area contributed by atoms with Gasteiger partial charge in [0.1, 0.15) is 5.82 Å². The van der Waals surface area contributed by atoms with E-state index in [4.69, 9.17) is 14.9 Å². The number of hydrogen-bond acceptors (Lipinski definition) is 6. The molecule has 0 bridgehead atoms. The van der Waals surface area contributed by atoms with Gasteiger partial charge in [-0.3, -0.25) is 4.79 Å². The van der Waals surface area contributed by atoms with Gasteiger partial charge in [0.05, 0.1) is 25.0 Å². The van der Waals surface area contributed by atoms with E-state index in [-0.39, 0.29) is 30.1 Å². The Bertz CT molecular complexity index is 824. The number of benzene rings is 1. The molecule has 0 spiro atoms. The van der Waals surface area contributed by atoms with E-state index in [1.54, 1.807) is 17.0 Å². The predicted octanol–water partition coefficient (Wildman–Crippen LogP) is 1.07. The van der Waals surface area contributed by atoms with E-state index in [1.165, 1.54) is 6.07 Å². The number of ether oxygens (including phenoxy) is 1. The van der Waals surface area contributed by atoms with E-state index in [9.17, 15) is 9.18 Å². The van der Waals surface area contributed by atoms with Gasteiger partial charge in [-0.1, -0.05) is 22.8 Å². The lowest BCUT2D eigenvalue weighted by Crippen LogP contribution is -2.38. The molecule has 0 radical (unpaired) electrons.